The minimum absolute atomic E-state index is 0.225. The Morgan fingerprint density at radius 1 is 1.23 bits per heavy atom. The molecule has 1 aromatic carbocycles. The Hall–Kier alpha value is -2.87. The fraction of sp³-hybridized carbons (Fsp3) is 0.222. The molecule has 0 aliphatic carbocycles. The number of imidazole rings is 1. The number of fused-ring (bicyclic) bond motifs is 1. The third-order valence-electron chi connectivity index (χ3n) is 4.26. The van der Waals surface area contributed by atoms with Gasteiger partial charge < -0.3 is 9.30 Å². The van der Waals surface area contributed by atoms with Crippen molar-refractivity contribution >= 4 is 33.9 Å². The Labute approximate surface area is 153 Å². The van der Waals surface area contributed by atoms with E-state index in [1.54, 1.807) is 12.4 Å². The number of imide groups is 1. The van der Waals surface area contributed by atoms with Gasteiger partial charge >= 0.3 is 0 Å². The molecule has 1 fully saturated rings. The molecular formula is C18H16N4O3S. The van der Waals surface area contributed by atoms with E-state index < -0.39 is 0 Å². The summed E-state index contributed by atoms with van der Waals surface area (Å²) in [6.45, 7) is 0.347. The number of nitrogens with zero attached hydrogens (tertiary/aromatic N) is 3. The topological polar surface area (TPSA) is 86.1 Å². The van der Waals surface area contributed by atoms with Gasteiger partial charge in [0.2, 0.25) is 5.91 Å². The lowest BCUT2D eigenvalue weighted by Crippen LogP contribution is -2.25. The van der Waals surface area contributed by atoms with Crippen molar-refractivity contribution in [2.75, 3.05) is 0 Å². The predicted molar refractivity (Wildman–Crippen MR) is 97.9 cm³/mol. The summed E-state index contributed by atoms with van der Waals surface area (Å²) in [4.78, 5) is 31.5. The van der Waals surface area contributed by atoms with Crippen LogP contribution >= 0.6 is 11.8 Å². The van der Waals surface area contributed by atoms with Gasteiger partial charge in [0.15, 0.2) is 0 Å². The maximum Gasteiger partial charge on any atom is 0.286 e. The van der Waals surface area contributed by atoms with E-state index in [1.165, 1.54) is 0 Å². The SMILES string of the molecule is Cn1c(COc2ccc(CC3SC(=O)NC3=O)cc2)nc2cnccc21. The van der Waals surface area contributed by atoms with E-state index >= 15 is 0 Å². The molecule has 0 bridgehead atoms. The number of carbonyl (C=O) groups excluding carboxylic acids is 2. The van der Waals surface area contributed by atoms with Gasteiger partial charge in [0.25, 0.3) is 5.24 Å². The normalized spacial score (nSPS) is 16.9. The minimum Gasteiger partial charge on any atom is -0.486 e. The van der Waals surface area contributed by atoms with E-state index in [9.17, 15) is 9.59 Å². The summed E-state index contributed by atoms with van der Waals surface area (Å²) in [5, 5.41) is 1.66. The molecule has 26 heavy (non-hydrogen) atoms. The second-order valence-corrected chi connectivity index (χ2v) is 7.15. The summed E-state index contributed by atoms with van der Waals surface area (Å²) in [7, 11) is 1.95. The van der Waals surface area contributed by atoms with E-state index in [-0.39, 0.29) is 16.4 Å². The molecule has 1 saturated heterocycles. The number of rotatable bonds is 5. The molecule has 2 amide bonds. The summed E-state index contributed by atoms with van der Waals surface area (Å²) in [6, 6.07) is 9.45. The molecule has 2 aromatic heterocycles. The number of ether oxygens (including phenoxy) is 1. The number of carbonyl (C=O) groups is 2. The lowest BCUT2D eigenvalue weighted by molar-refractivity contribution is -0.118. The zero-order valence-electron chi connectivity index (χ0n) is 14.0. The number of benzene rings is 1. The third kappa shape index (κ3) is 3.28. The number of thioether (sulfide) groups is 1. The molecule has 3 aromatic rings. The average molecular weight is 368 g/mol. The first kappa shape index (κ1) is 16.6. The predicted octanol–water partition coefficient (Wildman–Crippen LogP) is 2.44. The molecule has 3 heterocycles. The molecule has 8 heteroatoms. The van der Waals surface area contributed by atoms with Gasteiger partial charge in [-0.3, -0.25) is 19.9 Å². The Balaban J connectivity index is 1.40. The fourth-order valence-corrected chi connectivity index (χ4v) is 3.70. The molecule has 1 atom stereocenters. The number of pyridine rings is 1. The first-order valence-corrected chi connectivity index (χ1v) is 8.96. The largest absolute Gasteiger partial charge is 0.486 e. The summed E-state index contributed by atoms with van der Waals surface area (Å²) in [5.41, 5.74) is 2.83. The molecule has 0 radical (unpaired) electrons. The molecule has 0 spiro atoms. The van der Waals surface area contributed by atoms with Crippen LogP contribution in [0.15, 0.2) is 42.7 Å². The molecular weight excluding hydrogens is 352 g/mol. The highest BCUT2D eigenvalue weighted by Crippen LogP contribution is 2.24. The maximum atomic E-state index is 11.6. The standard InChI is InChI=1S/C18H16N4O3S/c1-22-14-6-7-19-9-13(14)20-16(22)10-25-12-4-2-11(3-5-12)8-15-17(23)21-18(24)26-15/h2-7,9,15H,8,10H2,1H3,(H,21,23,24). The number of aryl methyl sites for hydroxylation is 1. The van der Waals surface area contributed by atoms with Gasteiger partial charge in [0.1, 0.15) is 23.7 Å². The highest BCUT2D eigenvalue weighted by atomic mass is 32.2. The van der Waals surface area contributed by atoms with Crippen LogP contribution in [0.3, 0.4) is 0 Å². The summed E-state index contributed by atoms with van der Waals surface area (Å²) in [5.74, 6) is 1.31. The number of aromatic nitrogens is 3. The summed E-state index contributed by atoms with van der Waals surface area (Å²) < 4.78 is 7.81. The fourth-order valence-electron chi connectivity index (χ4n) is 2.84. The second-order valence-electron chi connectivity index (χ2n) is 5.97. The van der Waals surface area contributed by atoms with Crippen molar-refractivity contribution < 1.29 is 14.3 Å². The molecule has 1 aliphatic heterocycles. The van der Waals surface area contributed by atoms with Crippen LogP contribution in [0.5, 0.6) is 5.75 Å². The minimum atomic E-state index is -0.358. The first-order valence-electron chi connectivity index (χ1n) is 8.08. The molecule has 0 saturated carbocycles. The zero-order chi connectivity index (χ0) is 18.1. The van der Waals surface area contributed by atoms with Crippen LogP contribution in [-0.4, -0.2) is 30.9 Å². The highest BCUT2D eigenvalue weighted by Gasteiger charge is 2.31. The molecule has 4 rings (SSSR count). The third-order valence-corrected chi connectivity index (χ3v) is 5.24. The van der Waals surface area contributed by atoms with E-state index in [1.807, 2.05) is 41.9 Å². The van der Waals surface area contributed by atoms with Crippen molar-refractivity contribution in [1.29, 1.82) is 0 Å². The maximum absolute atomic E-state index is 11.6. The molecule has 7 nitrogen and oxygen atoms in total. The van der Waals surface area contributed by atoms with Gasteiger partial charge in [-0.05, 0) is 30.2 Å². The molecule has 132 valence electrons. The van der Waals surface area contributed by atoms with Crippen LogP contribution in [-0.2, 0) is 24.9 Å². The second kappa shape index (κ2) is 6.80. The zero-order valence-corrected chi connectivity index (χ0v) is 14.8. The molecule has 1 unspecified atom stereocenters. The van der Waals surface area contributed by atoms with Gasteiger partial charge in [-0.2, -0.15) is 0 Å². The monoisotopic (exact) mass is 368 g/mol. The Bertz CT molecular complexity index is 984. The lowest BCUT2D eigenvalue weighted by Gasteiger charge is -2.09. The lowest BCUT2D eigenvalue weighted by atomic mass is 10.1. The quantitative estimate of drug-likeness (QED) is 0.744. The van der Waals surface area contributed by atoms with Crippen LogP contribution in [0.4, 0.5) is 4.79 Å². The van der Waals surface area contributed by atoms with E-state index in [2.05, 4.69) is 15.3 Å². The van der Waals surface area contributed by atoms with Crippen molar-refractivity contribution in [3.05, 3.63) is 54.1 Å². The van der Waals surface area contributed by atoms with Gasteiger partial charge in [-0.25, -0.2) is 4.98 Å². The van der Waals surface area contributed by atoms with Crippen molar-refractivity contribution in [3.8, 4) is 5.75 Å². The van der Waals surface area contributed by atoms with Gasteiger partial charge in [-0.15, -0.1) is 0 Å². The number of nitrogens with one attached hydrogen (secondary N) is 1. The number of hydrogen-bond acceptors (Lipinski definition) is 6. The Morgan fingerprint density at radius 2 is 2.04 bits per heavy atom. The van der Waals surface area contributed by atoms with E-state index in [0.29, 0.717) is 13.0 Å². The van der Waals surface area contributed by atoms with Gasteiger partial charge in [0.05, 0.1) is 17.0 Å². The van der Waals surface area contributed by atoms with Crippen molar-refractivity contribution in [1.82, 2.24) is 19.9 Å². The van der Waals surface area contributed by atoms with Crippen molar-refractivity contribution in [3.63, 3.8) is 0 Å². The van der Waals surface area contributed by atoms with E-state index in [0.717, 1.165) is 39.9 Å². The van der Waals surface area contributed by atoms with Crippen LogP contribution in [0.2, 0.25) is 0 Å². The van der Waals surface area contributed by atoms with Crippen LogP contribution < -0.4 is 10.1 Å². The van der Waals surface area contributed by atoms with E-state index in [4.69, 9.17) is 4.74 Å². The Kier molecular flexibility index (Phi) is 4.34. The number of hydrogen-bond donors (Lipinski definition) is 1. The first-order chi connectivity index (χ1) is 12.6. The van der Waals surface area contributed by atoms with Gasteiger partial charge in [0, 0.05) is 13.2 Å². The molecule has 1 aliphatic rings. The van der Waals surface area contributed by atoms with Crippen LogP contribution in [0.25, 0.3) is 11.0 Å². The highest BCUT2D eigenvalue weighted by molar-refractivity contribution is 8.15. The summed E-state index contributed by atoms with van der Waals surface area (Å²) >= 11 is 1.04. The smallest absolute Gasteiger partial charge is 0.286 e. The van der Waals surface area contributed by atoms with Crippen molar-refractivity contribution in [2.45, 2.75) is 18.3 Å². The average Bonchev–Trinajstić information content (AvgIpc) is 3.13. The number of amides is 2. The van der Waals surface area contributed by atoms with Crippen molar-refractivity contribution in [2.24, 2.45) is 7.05 Å². The van der Waals surface area contributed by atoms with Crippen LogP contribution in [0, 0.1) is 0 Å². The summed E-state index contributed by atoms with van der Waals surface area (Å²) in [6.07, 6.45) is 3.99. The van der Waals surface area contributed by atoms with Crippen LogP contribution in [0.1, 0.15) is 11.4 Å². The van der Waals surface area contributed by atoms with Gasteiger partial charge in [-0.1, -0.05) is 23.9 Å². The molecule has 1 N–H and O–H groups in total. The Morgan fingerprint density at radius 3 is 2.73 bits per heavy atom.